The van der Waals surface area contributed by atoms with Gasteiger partial charge in [-0.15, -0.1) is 24.0 Å². The minimum Gasteiger partial charge on any atom is -0.383 e. The first-order valence-electron chi connectivity index (χ1n) is 10.8. The van der Waals surface area contributed by atoms with Crippen molar-refractivity contribution in [1.29, 1.82) is 0 Å². The van der Waals surface area contributed by atoms with E-state index in [9.17, 15) is 9.59 Å². The molecule has 0 spiro atoms. The molecule has 1 atom stereocenters. The van der Waals surface area contributed by atoms with E-state index in [2.05, 4.69) is 38.7 Å². The van der Waals surface area contributed by atoms with Crippen molar-refractivity contribution in [2.45, 2.75) is 32.1 Å². The molecule has 1 saturated heterocycles. The molecule has 2 aliphatic rings. The van der Waals surface area contributed by atoms with Gasteiger partial charge in [0.2, 0.25) is 11.8 Å². The van der Waals surface area contributed by atoms with Crippen molar-refractivity contribution in [3.05, 3.63) is 29.8 Å². The van der Waals surface area contributed by atoms with Crippen molar-refractivity contribution in [3.8, 4) is 0 Å². The van der Waals surface area contributed by atoms with E-state index in [1.54, 1.807) is 7.11 Å². The SMILES string of the molecule is CCNC(=NCC(=O)NCCOC)N1CC(CCN2CCCC2=O)c2ccccc21.I. The van der Waals surface area contributed by atoms with Crippen LogP contribution in [0, 0.1) is 0 Å². The second kappa shape index (κ2) is 12.8. The maximum Gasteiger partial charge on any atom is 0.241 e. The summed E-state index contributed by atoms with van der Waals surface area (Å²) in [4.78, 5) is 32.8. The predicted octanol–water partition coefficient (Wildman–Crippen LogP) is 1.95. The van der Waals surface area contributed by atoms with Crippen molar-refractivity contribution >= 4 is 47.4 Å². The maximum absolute atomic E-state index is 12.1. The molecule has 1 fully saturated rings. The minimum atomic E-state index is -0.126. The van der Waals surface area contributed by atoms with E-state index in [-0.39, 0.29) is 42.3 Å². The molecule has 2 N–H and O–H groups in total. The molecule has 2 aliphatic heterocycles. The van der Waals surface area contributed by atoms with Gasteiger partial charge in [-0.05, 0) is 31.4 Å². The molecule has 1 aromatic rings. The van der Waals surface area contributed by atoms with Gasteiger partial charge in [-0.1, -0.05) is 18.2 Å². The van der Waals surface area contributed by atoms with Crippen molar-refractivity contribution in [2.75, 3.05) is 57.9 Å². The zero-order chi connectivity index (χ0) is 21.3. The normalized spacial score (nSPS) is 18.1. The van der Waals surface area contributed by atoms with Crippen LogP contribution in [-0.2, 0) is 14.3 Å². The zero-order valence-corrected chi connectivity index (χ0v) is 20.8. The molecule has 1 unspecified atom stereocenters. The molecule has 2 amide bonds. The van der Waals surface area contributed by atoms with Gasteiger partial charge in [-0.3, -0.25) is 9.59 Å². The third kappa shape index (κ3) is 6.80. The van der Waals surface area contributed by atoms with Gasteiger partial charge in [0.25, 0.3) is 0 Å². The molecule has 0 aliphatic carbocycles. The number of para-hydroxylation sites is 1. The van der Waals surface area contributed by atoms with E-state index in [4.69, 9.17) is 4.74 Å². The maximum atomic E-state index is 12.1. The number of nitrogens with zero attached hydrogens (tertiary/aromatic N) is 3. The Kier molecular flexibility index (Phi) is 10.5. The van der Waals surface area contributed by atoms with Crippen LogP contribution in [0.15, 0.2) is 29.3 Å². The van der Waals surface area contributed by atoms with Gasteiger partial charge >= 0.3 is 0 Å². The summed E-state index contributed by atoms with van der Waals surface area (Å²) < 4.78 is 4.96. The van der Waals surface area contributed by atoms with Crippen LogP contribution in [0.5, 0.6) is 0 Å². The zero-order valence-electron chi connectivity index (χ0n) is 18.4. The smallest absolute Gasteiger partial charge is 0.241 e. The lowest BCUT2D eigenvalue weighted by molar-refractivity contribution is -0.127. The highest BCUT2D eigenvalue weighted by molar-refractivity contribution is 14.0. The summed E-state index contributed by atoms with van der Waals surface area (Å²) in [6, 6.07) is 8.34. The third-order valence-corrected chi connectivity index (χ3v) is 5.58. The summed E-state index contributed by atoms with van der Waals surface area (Å²) in [6.45, 7) is 6.22. The van der Waals surface area contributed by atoms with Crippen LogP contribution in [0.3, 0.4) is 0 Å². The first-order valence-corrected chi connectivity index (χ1v) is 10.8. The Labute approximate surface area is 201 Å². The van der Waals surface area contributed by atoms with E-state index in [1.165, 1.54) is 5.56 Å². The lowest BCUT2D eigenvalue weighted by Gasteiger charge is -2.23. The van der Waals surface area contributed by atoms with Crippen molar-refractivity contribution in [3.63, 3.8) is 0 Å². The summed E-state index contributed by atoms with van der Waals surface area (Å²) in [5, 5.41) is 6.12. The fourth-order valence-electron chi connectivity index (χ4n) is 4.09. The van der Waals surface area contributed by atoms with E-state index in [0.717, 1.165) is 44.7 Å². The number of likely N-dealkylation sites (tertiary alicyclic amines) is 1. The van der Waals surface area contributed by atoms with Gasteiger partial charge in [0, 0.05) is 57.9 Å². The van der Waals surface area contributed by atoms with Gasteiger partial charge in [-0.25, -0.2) is 4.99 Å². The standard InChI is InChI=1S/C22H33N5O3.HI/c1-3-23-22(25-15-20(28)24-11-14-30-2)27-16-17(18-7-4-5-8-19(18)27)10-13-26-12-6-9-21(26)29;/h4-5,7-8,17H,3,6,9-16H2,1-2H3,(H,23,25)(H,24,28);1H. The Hall–Kier alpha value is -1.88. The summed E-state index contributed by atoms with van der Waals surface area (Å²) in [5.74, 6) is 1.19. The molecular formula is C22H34IN5O3. The number of aliphatic imine (C=N–C) groups is 1. The predicted molar refractivity (Wildman–Crippen MR) is 133 cm³/mol. The number of fused-ring (bicyclic) bond motifs is 1. The lowest BCUT2D eigenvalue weighted by atomic mass is 9.98. The number of methoxy groups -OCH3 is 1. The Balaban J connectivity index is 0.00000341. The largest absolute Gasteiger partial charge is 0.383 e. The summed E-state index contributed by atoms with van der Waals surface area (Å²) in [6.07, 6.45) is 2.57. The monoisotopic (exact) mass is 543 g/mol. The number of guanidine groups is 1. The second-order valence-electron chi connectivity index (χ2n) is 7.65. The fraction of sp³-hybridized carbons (Fsp3) is 0.591. The first-order chi connectivity index (χ1) is 14.6. The molecule has 172 valence electrons. The molecule has 31 heavy (non-hydrogen) atoms. The average molecular weight is 543 g/mol. The number of amides is 2. The van der Waals surface area contributed by atoms with Gasteiger partial charge in [0.1, 0.15) is 6.54 Å². The average Bonchev–Trinajstić information content (AvgIpc) is 3.33. The molecule has 1 aromatic carbocycles. The highest BCUT2D eigenvalue weighted by Crippen LogP contribution is 2.38. The van der Waals surface area contributed by atoms with Crippen LogP contribution in [0.1, 0.15) is 37.7 Å². The summed E-state index contributed by atoms with van der Waals surface area (Å²) in [5.41, 5.74) is 2.40. The molecular weight excluding hydrogens is 509 g/mol. The fourth-order valence-corrected chi connectivity index (χ4v) is 4.09. The minimum absolute atomic E-state index is 0. The number of ether oxygens (including phenoxy) is 1. The van der Waals surface area contributed by atoms with Gasteiger partial charge < -0.3 is 25.2 Å². The molecule has 0 bridgehead atoms. The molecule has 0 saturated carbocycles. The van der Waals surface area contributed by atoms with Crippen LogP contribution in [0.2, 0.25) is 0 Å². The first kappa shape index (κ1) is 25.4. The Morgan fingerprint density at radius 3 is 2.81 bits per heavy atom. The van der Waals surface area contributed by atoms with Gasteiger partial charge in [0.15, 0.2) is 5.96 Å². The summed E-state index contributed by atoms with van der Waals surface area (Å²) in [7, 11) is 1.61. The van der Waals surface area contributed by atoms with Crippen molar-refractivity contribution in [1.82, 2.24) is 15.5 Å². The molecule has 2 heterocycles. The van der Waals surface area contributed by atoms with Crippen LogP contribution in [0.25, 0.3) is 0 Å². The Bertz CT molecular complexity index is 773. The van der Waals surface area contributed by atoms with E-state index in [0.29, 0.717) is 31.4 Å². The number of anilines is 1. The van der Waals surface area contributed by atoms with Gasteiger partial charge in [0.05, 0.1) is 6.61 Å². The summed E-state index contributed by atoms with van der Waals surface area (Å²) >= 11 is 0. The second-order valence-corrected chi connectivity index (χ2v) is 7.65. The van der Waals surface area contributed by atoms with Crippen LogP contribution < -0.4 is 15.5 Å². The highest BCUT2D eigenvalue weighted by atomic mass is 127. The number of carbonyl (C=O) groups is 2. The molecule has 9 heteroatoms. The molecule has 0 radical (unpaired) electrons. The van der Waals surface area contributed by atoms with Gasteiger partial charge in [-0.2, -0.15) is 0 Å². The Morgan fingerprint density at radius 2 is 2.10 bits per heavy atom. The number of nitrogens with one attached hydrogen (secondary N) is 2. The number of rotatable bonds is 9. The topological polar surface area (TPSA) is 86.3 Å². The van der Waals surface area contributed by atoms with E-state index < -0.39 is 0 Å². The van der Waals surface area contributed by atoms with Crippen LogP contribution in [-0.4, -0.2) is 75.7 Å². The van der Waals surface area contributed by atoms with Crippen molar-refractivity contribution < 1.29 is 14.3 Å². The third-order valence-electron chi connectivity index (χ3n) is 5.58. The van der Waals surface area contributed by atoms with Crippen LogP contribution in [0.4, 0.5) is 5.69 Å². The quantitative estimate of drug-likeness (QED) is 0.215. The van der Waals surface area contributed by atoms with E-state index >= 15 is 0 Å². The highest BCUT2D eigenvalue weighted by Gasteiger charge is 2.32. The van der Waals surface area contributed by atoms with Crippen molar-refractivity contribution in [2.24, 2.45) is 4.99 Å². The van der Waals surface area contributed by atoms with Crippen LogP contribution >= 0.6 is 24.0 Å². The number of carbonyl (C=O) groups excluding carboxylic acids is 2. The molecule has 8 nitrogen and oxygen atoms in total. The number of halogens is 1. The Morgan fingerprint density at radius 1 is 1.29 bits per heavy atom. The molecule has 0 aromatic heterocycles. The number of hydrogen-bond donors (Lipinski definition) is 2. The number of hydrogen-bond acceptors (Lipinski definition) is 4. The molecule has 3 rings (SSSR count). The van der Waals surface area contributed by atoms with E-state index in [1.807, 2.05) is 17.9 Å². The number of benzene rings is 1. The lowest BCUT2D eigenvalue weighted by Crippen LogP contribution is -2.42.